The van der Waals surface area contributed by atoms with Crippen LogP contribution in [0.5, 0.6) is 11.5 Å². The second kappa shape index (κ2) is 10.3. The van der Waals surface area contributed by atoms with Gasteiger partial charge in [0.1, 0.15) is 17.6 Å². The maximum absolute atomic E-state index is 12.8. The highest BCUT2D eigenvalue weighted by Crippen LogP contribution is 2.36. The number of carbonyl (C=O) groups excluding carboxylic acids is 2. The maximum atomic E-state index is 12.8. The van der Waals surface area contributed by atoms with E-state index in [2.05, 4.69) is 12.2 Å². The van der Waals surface area contributed by atoms with E-state index in [9.17, 15) is 9.59 Å². The van der Waals surface area contributed by atoms with E-state index >= 15 is 0 Å². The molecule has 0 radical (unpaired) electrons. The van der Waals surface area contributed by atoms with E-state index in [1.807, 2.05) is 31.2 Å². The van der Waals surface area contributed by atoms with Gasteiger partial charge in [-0.2, -0.15) is 0 Å². The largest absolute Gasteiger partial charge is 0.494 e. The van der Waals surface area contributed by atoms with Gasteiger partial charge in [0.25, 0.3) is 0 Å². The Labute approximate surface area is 182 Å². The van der Waals surface area contributed by atoms with E-state index in [1.54, 1.807) is 23.1 Å². The van der Waals surface area contributed by atoms with Crippen LogP contribution in [0.3, 0.4) is 0 Å². The van der Waals surface area contributed by atoms with E-state index in [0.29, 0.717) is 36.2 Å². The zero-order valence-corrected chi connectivity index (χ0v) is 18.1. The molecule has 0 spiro atoms. The number of nitrogens with zero attached hydrogens (tertiary/aromatic N) is 1. The highest BCUT2D eigenvalue weighted by Gasteiger charge is 2.27. The Morgan fingerprint density at radius 1 is 1.20 bits per heavy atom. The smallest absolute Gasteiger partial charge is 0.227 e. The molecular formula is C23H27ClN2O4. The monoisotopic (exact) mass is 430 g/mol. The average molecular weight is 431 g/mol. The molecule has 0 saturated heterocycles. The Kier molecular flexibility index (Phi) is 7.57. The highest BCUT2D eigenvalue weighted by atomic mass is 35.5. The lowest BCUT2D eigenvalue weighted by molar-refractivity contribution is -0.125. The van der Waals surface area contributed by atoms with Crippen LogP contribution in [0.15, 0.2) is 42.5 Å². The minimum atomic E-state index is -0.165. The lowest BCUT2D eigenvalue weighted by Gasteiger charge is -2.33. The van der Waals surface area contributed by atoms with Crippen LogP contribution in [-0.4, -0.2) is 31.1 Å². The van der Waals surface area contributed by atoms with Gasteiger partial charge in [-0.05, 0) is 49.2 Å². The molecule has 1 aliphatic rings. The maximum Gasteiger partial charge on any atom is 0.227 e. The van der Waals surface area contributed by atoms with Crippen LogP contribution < -0.4 is 19.7 Å². The molecule has 3 rings (SSSR count). The first-order valence-electron chi connectivity index (χ1n) is 10.2. The van der Waals surface area contributed by atoms with Gasteiger partial charge in [-0.15, -0.1) is 0 Å². The van der Waals surface area contributed by atoms with Crippen molar-refractivity contribution in [2.45, 2.75) is 45.8 Å². The molecule has 1 aliphatic heterocycles. The second-order valence-electron chi connectivity index (χ2n) is 7.31. The van der Waals surface area contributed by atoms with Crippen LogP contribution in [0.2, 0.25) is 5.02 Å². The third-order valence-electron chi connectivity index (χ3n) is 4.73. The number of halogens is 1. The summed E-state index contributed by atoms with van der Waals surface area (Å²) in [6, 6.07) is 12.8. The van der Waals surface area contributed by atoms with Gasteiger partial charge < -0.3 is 19.7 Å². The SMILES string of the molecule is CCCOc1ccc(CNC(=O)CCC(=O)N2C[C@@H](C)Oc3ccc(Cl)cc32)cc1. The normalized spacial score (nSPS) is 15.2. The van der Waals surface area contributed by atoms with Crippen molar-refractivity contribution in [3.05, 3.63) is 53.1 Å². The Balaban J connectivity index is 1.49. The summed E-state index contributed by atoms with van der Waals surface area (Å²) < 4.78 is 11.3. The fourth-order valence-corrected chi connectivity index (χ4v) is 3.38. The Hall–Kier alpha value is -2.73. The summed E-state index contributed by atoms with van der Waals surface area (Å²) in [5.74, 6) is 1.16. The molecule has 2 aromatic rings. The molecule has 1 atom stereocenters. The van der Waals surface area contributed by atoms with Crippen molar-refractivity contribution in [1.82, 2.24) is 5.32 Å². The predicted octanol–water partition coefficient (Wildman–Crippen LogP) is 4.34. The first kappa shape index (κ1) is 22.0. The van der Waals surface area contributed by atoms with Gasteiger partial charge in [-0.1, -0.05) is 30.7 Å². The number of anilines is 1. The summed E-state index contributed by atoms with van der Waals surface area (Å²) in [5.41, 5.74) is 1.63. The van der Waals surface area contributed by atoms with E-state index in [1.165, 1.54) is 0 Å². The standard InChI is InChI=1S/C23H27ClN2O4/c1-3-12-29-19-7-4-17(5-8-19)14-25-22(27)10-11-23(28)26-15-16(2)30-21-9-6-18(24)13-20(21)26/h4-9,13,16H,3,10-12,14-15H2,1-2H3,(H,25,27)/t16-/m1/s1. The molecule has 2 aromatic carbocycles. The molecule has 1 heterocycles. The van der Waals surface area contributed by atoms with E-state index in [-0.39, 0.29) is 30.8 Å². The summed E-state index contributed by atoms with van der Waals surface area (Å²) in [5, 5.41) is 3.40. The van der Waals surface area contributed by atoms with Crippen LogP contribution in [0.1, 0.15) is 38.7 Å². The Morgan fingerprint density at radius 3 is 2.70 bits per heavy atom. The molecule has 0 unspecified atom stereocenters. The van der Waals surface area contributed by atoms with Crippen molar-refractivity contribution in [2.75, 3.05) is 18.1 Å². The van der Waals surface area contributed by atoms with E-state index in [4.69, 9.17) is 21.1 Å². The van der Waals surface area contributed by atoms with Gasteiger partial charge in [0.2, 0.25) is 11.8 Å². The third-order valence-corrected chi connectivity index (χ3v) is 4.97. The van der Waals surface area contributed by atoms with Gasteiger partial charge in [-0.3, -0.25) is 9.59 Å². The fraction of sp³-hybridized carbons (Fsp3) is 0.391. The fourth-order valence-electron chi connectivity index (χ4n) is 3.21. The quantitative estimate of drug-likeness (QED) is 0.676. The van der Waals surface area contributed by atoms with Gasteiger partial charge in [0.05, 0.1) is 18.8 Å². The van der Waals surface area contributed by atoms with Crippen molar-refractivity contribution < 1.29 is 19.1 Å². The molecule has 6 nitrogen and oxygen atoms in total. The second-order valence-corrected chi connectivity index (χ2v) is 7.75. The molecule has 1 N–H and O–H groups in total. The lowest BCUT2D eigenvalue weighted by Crippen LogP contribution is -2.42. The lowest BCUT2D eigenvalue weighted by atomic mass is 10.1. The third kappa shape index (κ3) is 5.89. The zero-order chi connectivity index (χ0) is 21.5. The van der Waals surface area contributed by atoms with Gasteiger partial charge in [0.15, 0.2) is 0 Å². The molecule has 0 aliphatic carbocycles. The number of hydrogen-bond acceptors (Lipinski definition) is 4. The molecule has 30 heavy (non-hydrogen) atoms. The first-order chi connectivity index (χ1) is 14.5. The van der Waals surface area contributed by atoms with E-state index in [0.717, 1.165) is 17.7 Å². The van der Waals surface area contributed by atoms with Gasteiger partial charge >= 0.3 is 0 Å². The highest BCUT2D eigenvalue weighted by molar-refractivity contribution is 6.31. The molecule has 0 aromatic heterocycles. The van der Waals surface area contributed by atoms with Gasteiger partial charge in [0, 0.05) is 24.4 Å². The van der Waals surface area contributed by atoms with Crippen LogP contribution in [0, 0.1) is 0 Å². The number of ether oxygens (including phenoxy) is 2. The summed E-state index contributed by atoms with van der Waals surface area (Å²) in [7, 11) is 0. The zero-order valence-electron chi connectivity index (χ0n) is 17.3. The van der Waals surface area contributed by atoms with E-state index < -0.39 is 0 Å². The van der Waals surface area contributed by atoms with Crippen molar-refractivity contribution in [3.8, 4) is 11.5 Å². The number of carbonyl (C=O) groups is 2. The first-order valence-corrected chi connectivity index (χ1v) is 10.6. The molecule has 160 valence electrons. The van der Waals surface area contributed by atoms with Crippen LogP contribution in [0.25, 0.3) is 0 Å². The van der Waals surface area contributed by atoms with Gasteiger partial charge in [-0.25, -0.2) is 0 Å². The number of benzene rings is 2. The molecule has 7 heteroatoms. The summed E-state index contributed by atoms with van der Waals surface area (Å²) in [6.45, 7) is 5.49. The number of hydrogen-bond donors (Lipinski definition) is 1. The van der Waals surface area contributed by atoms with Crippen molar-refractivity contribution in [2.24, 2.45) is 0 Å². The summed E-state index contributed by atoms with van der Waals surface area (Å²) in [4.78, 5) is 26.6. The topological polar surface area (TPSA) is 67.9 Å². The van der Waals surface area contributed by atoms with Crippen molar-refractivity contribution in [1.29, 1.82) is 0 Å². The van der Waals surface area contributed by atoms with Crippen molar-refractivity contribution >= 4 is 29.1 Å². The molecule has 0 saturated carbocycles. The molecule has 2 amide bonds. The Bertz CT molecular complexity index is 885. The summed E-state index contributed by atoms with van der Waals surface area (Å²) >= 11 is 6.08. The predicted molar refractivity (Wildman–Crippen MR) is 117 cm³/mol. The number of fused-ring (bicyclic) bond motifs is 1. The summed E-state index contributed by atoms with van der Waals surface area (Å²) in [6.07, 6.45) is 1.08. The Morgan fingerprint density at radius 2 is 1.97 bits per heavy atom. The van der Waals surface area contributed by atoms with Crippen LogP contribution in [-0.2, 0) is 16.1 Å². The average Bonchev–Trinajstić information content (AvgIpc) is 2.75. The minimum absolute atomic E-state index is 0.119. The minimum Gasteiger partial charge on any atom is -0.494 e. The molecular weight excluding hydrogens is 404 g/mol. The number of rotatable bonds is 8. The van der Waals surface area contributed by atoms with Crippen LogP contribution in [0.4, 0.5) is 5.69 Å². The number of nitrogens with one attached hydrogen (secondary N) is 1. The number of amides is 2. The molecule has 0 fully saturated rings. The molecule has 0 bridgehead atoms. The van der Waals surface area contributed by atoms with Crippen LogP contribution >= 0.6 is 11.6 Å². The van der Waals surface area contributed by atoms with Crippen molar-refractivity contribution in [3.63, 3.8) is 0 Å².